The first-order chi connectivity index (χ1) is 10.3. The van der Waals surface area contributed by atoms with E-state index >= 15 is 0 Å². The normalized spacial score (nSPS) is 16.1. The lowest BCUT2D eigenvalue weighted by molar-refractivity contribution is 0.270. The first-order valence-electron chi connectivity index (χ1n) is 7.42. The summed E-state index contributed by atoms with van der Waals surface area (Å²) in [6.45, 7) is 8.14. The van der Waals surface area contributed by atoms with Gasteiger partial charge in [-0.2, -0.15) is 4.98 Å². The lowest BCUT2D eigenvalue weighted by Crippen LogP contribution is -2.46. The van der Waals surface area contributed by atoms with Crippen LogP contribution in [-0.2, 0) is 6.54 Å². The first-order valence-corrected chi connectivity index (χ1v) is 7.42. The van der Waals surface area contributed by atoms with Crippen LogP contribution in [0.25, 0.3) is 0 Å². The molecule has 6 heteroatoms. The number of rotatable bonds is 5. The number of nitrogens with zero attached hydrogens (tertiary/aromatic N) is 4. The Kier molecular flexibility index (Phi) is 4.35. The molecule has 0 bridgehead atoms. The zero-order valence-corrected chi connectivity index (χ0v) is 12.3. The van der Waals surface area contributed by atoms with E-state index in [1.165, 1.54) is 0 Å². The van der Waals surface area contributed by atoms with Crippen molar-refractivity contribution >= 4 is 11.8 Å². The van der Waals surface area contributed by atoms with Crippen molar-refractivity contribution in [2.45, 2.75) is 13.5 Å². The molecule has 0 aliphatic carbocycles. The van der Waals surface area contributed by atoms with Crippen LogP contribution < -0.4 is 10.2 Å². The van der Waals surface area contributed by atoms with Gasteiger partial charge in [-0.3, -0.25) is 0 Å². The zero-order chi connectivity index (χ0) is 14.5. The molecule has 0 radical (unpaired) electrons. The molecule has 0 unspecified atom stereocenters. The average molecular weight is 287 g/mol. The van der Waals surface area contributed by atoms with Gasteiger partial charge in [0, 0.05) is 32.4 Å². The van der Waals surface area contributed by atoms with Crippen molar-refractivity contribution in [2.24, 2.45) is 0 Å². The Morgan fingerprint density at radius 2 is 2.10 bits per heavy atom. The smallest absolute Gasteiger partial charge is 0.224 e. The summed E-state index contributed by atoms with van der Waals surface area (Å²) in [7, 11) is 0. The van der Waals surface area contributed by atoms with E-state index in [2.05, 4.69) is 32.0 Å². The Bertz CT molecular complexity index is 549. The Morgan fingerprint density at radius 1 is 1.24 bits per heavy atom. The van der Waals surface area contributed by atoms with Crippen LogP contribution in [0.5, 0.6) is 0 Å². The fraction of sp³-hybridized carbons (Fsp3) is 0.467. The third-order valence-electron chi connectivity index (χ3n) is 3.79. The van der Waals surface area contributed by atoms with Crippen LogP contribution in [0.2, 0.25) is 0 Å². The summed E-state index contributed by atoms with van der Waals surface area (Å²) in [5, 5.41) is 3.19. The molecule has 1 fully saturated rings. The number of nitrogens with one attached hydrogen (secondary N) is 1. The predicted molar refractivity (Wildman–Crippen MR) is 82.4 cm³/mol. The van der Waals surface area contributed by atoms with Gasteiger partial charge in [-0.15, -0.1) is 0 Å². The molecule has 3 rings (SSSR count). The monoisotopic (exact) mass is 287 g/mol. The molecule has 1 N–H and O–H groups in total. The highest BCUT2D eigenvalue weighted by Gasteiger charge is 2.17. The summed E-state index contributed by atoms with van der Waals surface area (Å²) in [5.41, 5.74) is 0. The van der Waals surface area contributed by atoms with E-state index in [-0.39, 0.29) is 0 Å². The molecule has 1 aliphatic heterocycles. The van der Waals surface area contributed by atoms with Gasteiger partial charge in [0.05, 0.1) is 12.8 Å². The van der Waals surface area contributed by atoms with Crippen molar-refractivity contribution in [3.63, 3.8) is 0 Å². The first kappa shape index (κ1) is 13.9. The largest absolute Gasteiger partial charge is 0.467 e. The summed E-state index contributed by atoms with van der Waals surface area (Å²) in [5.74, 6) is 2.50. The Labute approximate surface area is 124 Å². The third-order valence-corrected chi connectivity index (χ3v) is 3.79. The van der Waals surface area contributed by atoms with Crippen LogP contribution in [-0.4, -0.2) is 47.6 Å². The van der Waals surface area contributed by atoms with Gasteiger partial charge in [0.25, 0.3) is 0 Å². The minimum absolute atomic E-state index is 0.597. The topological polar surface area (TPSA) is 57.4 Å². The van der Waals surface area contributed by atoms with Crippen LogP contribution in [0.1, 0.15) is 12.7 Å². The van der Waals surface area contributed by atoms with Crippen molar-refractivity contribution in [1.29, 1.82) is 0 Å². The second-order valence-electron chi connectivity index (χ2n) is 5.09. The summed E-state index contributed by atoms with van der Waals surface area (Å²) in [6, 6.07) is 5.78. The molecule has 112 valence electrons. The molecule has 2 aromatic rings. The van der Waals surface area contributed by atoms with Crippen LogP contribution in [0.3, 0.4) is 0 Å². The van der Waals surface area contributed by atoms with E-state index in [9.17, 15) is 0 Å². The van der Waals surface area contributed by atoms with Gasteiger partial charge < -0.3 is 19.5 Å². The second-order valence-corrected chi connectivity index (χ2v) is 5.09. The Hall–Kier alpha value is -2.08. The highest BCUT2D eigenvalue weighted by Crippen LogP contribution is 2.15. The standard InChI is InChI=1S/C15H21N5O/c1-2-19-7-9-20(10-8-19)14-5-6-16-15(18-14)17-12-13-4-3-11-21-13/h3-6,11H,2,7-10,12H2,1H3,(H,16,17,18). The molecular formula is C15H21N5O. The van der Waals surface area contributed by atoms with Crippen LogP contribution >= 0.6 is 0 Å². The van der Waals surface area contributed by atoms with Crippen molar-refractivity contribution in [3.05, 3.63) is 36.4 Å². The predicted octanol–water partition coefficient (Wildman–Crippen LogP) is 1.82. The molecule has 2 aromatic heterocycles. The average Bonchev–Trinajstić information content (AvgIpc) is 3.07. The number of piperazine rings is 1. The van der Waals surface area contributed by atoms with Crippen molar-refractivity contribution < 1.29 is 4.42 Å². The van der Waals surface area contributed by atoms with Gasteiger partial charge in [0.1, 0.15) is 11.6 Å². The van der Waals surface area contributed by atoms with Gasteiger partial charge in [0.2, 0.25) is 5.95 Å². The molecule has 21 heavy (non-hydrogen) atoms. The summed E-state index contributed by atoms with van der Waals surface area (Å²) >= 11 is 0. The highest BCUT2D eigenvalue weighted by molar-refractivity contribution is 5.43. The molecule has 3 heterocycles. The Morgan fingerprint density at radius 3 is 2.81 bits per heavy atom. The van der Waals surface area contributed by atoms with Crippen molar-refractivity contribution in [2.75, 3.05) is 42.9 Å². The number of hydrogen-bond acceptors (Lipinski definition) is 6. The van der Waals surface area contributed by atoms with Gasteiger partial charge in [-0.05, 0) is 24.7 Å². The number of hydrogen-bond donors (Lipinski definition) is 1. The SMILES string of the molecule is CCN1CCN(c2ccnc(NCc3ccco3)n2)CC1. The molecule has 1 saturated heterocycles. The van der Waals surface area contributed by atoms with E-state index in [0.717, 1.165) is 44.3 Å². The minimum atomic E-state index is 0.597. The lowest BCUT2D eigenvalue weighted by Gasteiger charge is -2.34. The maximum Gasteiger partial charge on any atom is 0.224 e. The van der Waals surface area contributed by atoms with Gasteiger partial charge in [0.15, 0.2) is 0 Å². The van der Waals surface area contributed by atoms with Gasteiger partial charge in [-0.25, -0.2) is 4.98 Å². The van der Waals surface area contributed by atoms with Gasteiger partial charge in [-0.1, -0.05) is 6.92 Å². The fourth-order valence-electron chi connectivity index (χ4n) is 2.48. The summed E-state index contributed by atoms with van der Waals surface area (Å²) < 4.78 is 5.29. The molecule has 0 amide bonds. The maximum atomic E-state index is 5.29. The van der Waals surface area contributed by atoms with Crippen LogP contribution in [0.4, 0.5) is 11.8 Å². The maximum absolute atomic E-state index is 5.29. The Balaban J connectivity index is 1.60. The highest BCUT2D eigenvalue weighted by atomic mass is 16.3. The van der Waals surface area contributed by atoms with E-state index in [0.29, 0.717) is 12.5 Å². The lowest BCUT2D eigenvalue weighted by atomic mass is 10.3. The summed E-state index contributed by atoms with van der Waals surface area (Å²) in [6.07, 6.45) is 3.47. The molecule has 0 saturated carbocycles. The second kappa shape index (κ2) is 6.58. The van der Waals surface area contributed by atoms with Crippen LogP contribution in [0, 0.1) is 0 Å². The molecular weight excluding hydrogens is 266 g/mol. The van der Waals surface area contributed by atoms with E-state index in [4.69, 9.17) is 4.42 Å². The van der Waals surface area contributed by atoms with E-state index < -0.39 is 0 Å². The van der Waals surface area contributed by atoms with E-state index in [1.807, 2.05) is 18.2 Å². The number of aromatic nitrogens is 2. The molecule has 1 aliphatic rings. The van der Waals surface area contributed by atoms with Crippen molar-refractivity contribution in [3.8, 4) is 0 Å². The zero-order valence-electron chi connectivity index (χ0n) is 12.3. The van der Waals surface area contributed by atoms with Crippen molar-refractivity contribution in [1.82, 2.24) is 14.9 Å². The fourth-order valence-corrected chi connectivity index (χ4v) is 2.48. The molecule has 6 nitrogen and oxygen atoms in total. The van der Waals surface area contributed by atoms with Gasteiger partial charge >= 0.3 is 0 Å². The molecule has 0 spiro atoms. The molecule has 0 atom stereocenters. The number of likely N-dealkylation sites (N-methyl/N-ethyl adjacent to an activating group) is 1. The van der Waals surface area contributed by atoms with Crippen LogP contribution in [0.15, 0.2) is 35.1 Å². The summed E-state index contributed by atoms with van der Waals surface area (Å²) in [4.78, 5) is 13.6. The minimum Gasteiger partial charge on any atom is -0.467 e. The molecule has 0 aromatic carbocycles. The number of anilines is 2. The van der Waals surface area contributed by atoms with E-state index in [1.54, 1.807) is 12.5 Å². The third kappa shape index (κ3) is 3.52. The quantitative estimate of drug-likeness (QED) is 0.905. The number of furan rings is 1.